The van der Waals surface area contributed by atoms with Gasteiger partial charge in [0, 0.05) is 18.2 Å². The summed E-state index contributed by atoms with van der Waals surface area (Å²) in [5, 5.41) is 0. The van der Waals surface area contributed by atoms with Crippen LogP contribution in [0.5, 0.6) is 0 Å². The fourth-order valence-electron chi connectivity index (χ4n) is 1.52. The molecule has 5 nitrogen and oxygen atoms in total. The highest BCUT2D eigenvalue weighted by Gasteiger charge is 2.31. The van der Waals surface area contributed by atoms with Crippen LogP contribution >= 0.6 is 0 Å². The number of anilines is 1. The van der Waals surface area contributed by atoms with Crippen LogP contribution < -0.4 is 5.73 Å². The summed E-state index contributed by atoms with van der Waals surface area (Å²) in [6.07, 6.45) is -0.793. The molecule has 0 amide bonds. The van der Waals surface area contributed by atoms with E-state index in [0.717, 1.165) is 0 Å². The van der Waals surface area contributed by atoms with Gasteiger partial charge in [0.2, 0.25) is 6.10 Å². The minimum atomic E-state index is -1.22. The van der Waals surface area contributed by atoms with E-state index in [2.05, 4.69) is 4.74 Å². The van der Waals surface area contributed by atoms with E-state index in [1.54, 1.807) is 0 Å². The first kappa shape index (κ1) is 12.3. The van der Waals surface area contributed by atoms with Crippen LogP contribution in [0.1, 0.15) is 16.8 Å². The standard InChI is InChI=1S/C11H9F2NO4/c12-6-3-5(8(14)4-7(6)13)10(15)18-9-1-2-17-11(9)16/h3-4,9H,1-2,14H2. The minimum Gasteiger partial charge on any atom is -0.463 e. The summed E-state index contributed by atoms with van der Waals surface area (Å²) in [5.41, 5.74) is 4.79. The van der Waals surface area contributed by atoms with Crippen LogP contribution in [0.4, 0.5) is 14.5 Å². The predicted octanol–water partition coefficient (Wildman–Crippen LogP) is 1.02. The van der Waals surface area contributed by atoms with Crippen LogP contribution in [-0.2, 0) is 14.3 Å². The lowest BCUT2D eigenvalue weighted by Crippen LogP contribution is -2.23. The van der Waals surface area contributed by atoms with Gasteiger partial charge in [0.1, 0.15) is 0 Å². The van der Waals surface area contributed by atoms with Crippen LogP contribution in [0.3, 0.4) is 0 Å². The number of carbonyl (C=O) groups is 2. The van der Waals surface area contributed by atoms with Crippen molar-refractivity contribution in [3.05, 3.63) is 29.3 Å². The molecule has 0 radical (unpaired) electrons. The summed E-state index contributed by atoms with van der Waals surface area (Å²) in [7, 11) is 0. The summed E-state index contributed by atoms with van der Waals surface area (Å²) in [6.45, 7) is 0.157. The van der Waals surface area contributed by atoms with Gasteiger partial charge in [0.25, 0.3) is 0 Å². The Balaban J connectivity index is 2.18. The third kappa shape index (κ3) is 2.24. The van der Waals surface area contributed by atoms with Crippen LogP contribution in [0.15, 0.2) is 12.1 Å². The topological polar surface area (TPSA) is 78.6 Å². The maximum atomic E-state index is 13.0. The highest BCUT2D eigenvalue weighted by Crippen LogP contribution is 2.20. The molecule has 0 spiro atoms. The van der Waals surface area contributed by atoms with Crippen LogP contribution in [0.25, 0.3) is 0 Å². The second-order valence-electron chi connectivity index (χ2n) is 3.70. The second kappa shape index (κ2) is 4.59. The zero-order valence-electron chi connectivity index (χ0n) is 9.11. The van der Waals surface area contributed by atoms with Crippen molar-refractivity contribution in [3.63, 3.8) is 0 Å². The lowest BCUT2D eigenvalue weighted by atomic mass is 10.1. The molecule has 1 unspecified atom stereocenters. The van der Waals surface area contributed by atoms with Crippen molar-refractivity contribution < 1.29 is 27.8 Å². The maximum absolute atomic E-state index is 13.0. The highest BCUT2D eigenvalue weighted by atomic mass is 19.2. The summed E-state index contributed by atoms with van der Waals surface area (Å²) in [6, 6.07) is 1.31. The molecule has 1 atom stereocenters. The van der Waals surface area contributed by atoms with Gasteiger partial charge in [-0.2, -0.15) is 0 Å². The molecule has 1 aliphatic heterocycles. The Hall–Kier alpha value is -2.18. The van der Waals surface area contributed by atoms with E-state index < -0.39 is 29.7 Å². The van der Waals surface area contributed by atoms with Crippen molar-refractivity contribution in [1.29, 1.82) is 0 Å². The van der Waals surface area contributed by atoms with Crippen molar-refractivity contribution in [2.24, 2.45) is 0 Å². The molecular weight excluding hydrogens is 248 g/mol. The molecular formula is C11H9F2NO4. The molecule has 0 saturated carbocycles. The Labute approximate surface area is 100 Å². The number of carbonyl (C=O) groups excluding carboxylic acids is 2. The van der Waals surface area contributed by atoms with Gasteiger partial charge in [-0.15, -0.1) is 0 Å². The van der Waals surface area contributed by atoms with E-state index in [4.69, 9.17) is 10.5 Å². The van der Waals surface area contributed by atoms with Crippen molar-refractivity contribution in [3.8, 4) is 0 Å². The second-order valence-corrected chi connectivity index (χ2v) is 3.70. The van der Waals surface area contributed by atoms with Gasteiger partial charge in [-0.25, -0.2) is 18.4 Å². The van der Waals surface area contributed by atoms with Gasteiger partial charge in [0.05, 0.1) is 12.2 Å². The summed E-state index contributed by atoms with van der Waals surface area (Å²) in [5.74, 6) is -4.03. The Morgan fingerprint density at radius 3 is 2.67 bits per heavy atom. The van der Waals surface area contributed by atoms with Crippen LogP contribution in [0.2, 0.25) is 0 Å². The molecule has 1 aromatic carbocycles. The summed E-state index contributed by atoms with van der Waals surface area (Å²) >= 11 is 0. The van der Waals surface area contributed by atoms with Crippen molar-refractivity contribution in [1.82, 2.24) is 0 Å². The van der Waals surface area contributed by atoms with E-state index in [9.17, 15) is 18.4 Å². The number of hydrogen-bond acceptors (Lipinski definition) is 5. The van der Waals surface area contributed by atoms with Gasteiger partial charge >= 0.3 is 11.9 Å². The molecule has 2 rings (SSSR count). The minimum absolute atomic E-state index is 0.157. The molecule has 1 aromatic rings. The number of nitrogen functional groups attached to an aromatic ring is 1. The SMILES string of the molecule is Nc1cc(F)c(F)cc1C(=O)OC1CCOC1=O. The molecule has 0 aliphatic carbocycles. The largest absolute Gasteiger partial charge is 0.463 e. The van der Waals surface area contributed by atoms with Crippen molar-refractivity contribution in [2.75, 3.05) is 12.3 Å². The first-order chi connectivity index (χ1) is 8.49. The number of hydrogen-bond donors (Lipinski definition) is 1. The Morgan fingerprint density at radius 1 is 1.39 bits per heavy atom. The molecule has 2 N–H and O–H groups in total. The van der Waals surface area contributed by atoms with Gasteiger partial charge < -0.3 is 15.2 Å². The molecule has 96 valence electrons. The maximum Gasteiger partial charge on any atom is 0.347 e. The lowest BCUT2D eigenvalue weighted by molar-refractivity contribution is -0.145. The predicted molar refractivity (Wildman–Crippen MR) is 55.5 cm³/mol. The number of esters is 2. The van der Waals surface area contributed by atoms with E-state index in [-0.39, 0.29) is 24.3 Å². The summed E-state index contributed by atoms with van der Waals surface area (Å²) < 4.78 is 35.2. The number of rotatable bonds is 2. The molecule has 1 heterocycles. The molecule has 0 aromatic heterocycles. The Morgan fingerprint density at radius 2 is 2.06 bits per heavy atom. The van der Waals surface area contributed by atoms with E-state index in [0.29, 0.717) is 12.1 Å². The highest BCUT2D eigenvalue weighted by molar-refractivity contribution is 5.96. The first-order valence-corrected chi connectivity index (χ1v) is 5.11. The van der Waals surface area contributed by atoms with Crippen molar-refractivity contribution in [2.45, 2.75) is 12.5 Å². The van der Waals surface area contributed by atoms with Gasteiger partial charge in [0.15, 0.2) is 11.6 Å². The fourth-order valence-corrected chi connectivity index (χ4v) is 1.52. The molecule has 7 heteroatoms. The quantitative estimate of drug-likeness (QED) is 0.632. The number of benzene rings is 1. The van der Waals surface area contributed by atoms with Crippen LogP contribution in [0, 0.1) is 11.6 Å². The average Bonchev–Trinajstić information content (AvgIpc) is 2.69. The number of ether oxygens (including phenoxy) is 2. The third-order valence-corrected chi connectivity index (χ3v) is 2.45. The average molecular weight is 257 g/mol. The first-order valence-electron chi connectivity index (χ1n) is 5.11. The Bertz CT molecular complexity index is 518. The lowest BCUT2D eigenvalue weighted by Gasteiger charge is -2.10. The van der Waals surface area contributed by atoms with E-state index in [1.807, 2.05) is 0 Å². The van der Waals surface area contributed by atoms with Crippen LogP contribution in [-0.4, -0.2) is 24.6 Å². The molecule has 1 saturated heterocycles. The molecule has 1 fully saturated rings. The van der Waals surface area contributed by atoms with E-state index >= 15 is 0 Å². The molecule has 18 heavy (non-hydrogen) atoms. The van der Waals surface area contributed by atoms with E-state index in [1.165, 1.54) is 0 Å². The normalized spacial score (nSPS) is 18.6. The Kier molecular flexibility index (Phi) is 3.14. The number of cyclic esters (lactones) is 1. The molecule has 1 aliphatic rings. The van der Waals surface area contributed by atoms with Gasteiger partial charge in [-0.3, -0.25) is 0 Å². The van der Waals surface area contributed by atoms with Gasteiger partial charge in [-0.1, -0.05) is 0 Å². The van der Waals surface area contributed by atoms with Crippen molar-refractivity contribution >= 4 is 17.6 Å². The third-order valence-electron chi connectivity index (χ3n) is 2.45. The van der Waals surface area contributed by atoms with Gasteiger partial charge in [-0.05, 0) is 6.07 Å². The zero-order valence-corrected chi connectivity index (χ0v) is 9.11. The molecule has 0 bridgehead atoms. The summed E-state index contributed by atoms with van der Waals surface area (Å²) in [4.78, 5) is 22.7. The fraction of sp³-hybridized carbons (Fsp3) is 0.273. The smallest absolute Gasteiger partial charge is 0.347 e. The number of nitrogens with two attached hydrogens (primary N) is 1. The zero-order chi connectivity index (χ0) is 13.3. The monoisotopic (exact) mass is 257 g/mol. The number of halogens is 2.